The third-order valence-electron chi connectivity index (χ3n) is 5.32. The van der Waals surface area contributed by atoms with Gasteiger partial charge in [0.1, 0.15) is 5.60 Å². The van der Waals surface area contributed by atoms with E-state index in [1.54, 1.807) is 0 Å². The van der Waals surface area contributed by atoms with Crippen LogP contribution < -0.4 is 0 Å². The molecule has 2 aliphatic rings. The minimum Gasteiger partial charge on any atom is -0.377 e. The van der Waals surface area contributed by atoms with Crippen molar-refractivity contribution in [3.8, 4) is 0 Å². The second-order valence-electron chi connectivity index (χ2n) is 7.77. The lowest BCUT2D eigenvalue weighted by molar-refractivity contribution is -0.0924. The molecule has 0 N–H and O–H groups in total. The highest BCUT2D eigenvalue weighted by atomic mass is 32.1. The second kappa shape index (κ2) is 7.83. The van der Waals surface area contributed by atoms with E-state index in [0.29, 0.717) is 12.1 Å². The Balaban J connectivity index is 1.60. The standard InChI is InChI=1S/C19H32N2O2S/c1-15(2)20(4)11-17-7-8-19(23-17)13-21(9-10-22-14-19)12-18-6-5-16(3)24-18/h5-6,15,17H,7-14H2,1-4H3. The average Bonchev–Trinajstić information content (AvgIpc) is 3.04. The summed E-state index contributed by atoms with van der Waals surface area (Å²) < 4.78 is 12.5. The first-order chi connectivity index (χ1) is 11.5. The van der Waals surface area contributed by atoms with Gasteiger partial charge in [0, 0.05) is 42.0 Å². The smallest absolute Gasteiger partial charge is 0.105 e. The van der Waals surface area contributed by atoms with Crippen LogP contribution >= 0.6 is 11.3 Å². The van der Waals surface area contributed by atoms with E-state index in [1.165, 1.54) is 9.75 Å². The lowest BCUT2D eigenvalue weighted by Gasteiger charge is -2.33. The third kappa shape index (κ3) is 4.58. The molecule has 0 radical (unpaired) electrons. The Morgan fingerprint density at radius 2 is 2.25 bits per heavy atom. The van der Waals surface area contributed by atoms with Crippen LogP contribution in [0.2, 0.25) is 0 Å². The lowest BCUT2D eigenvalue weighted by atomic mass is 10.00. The molecular weight excluding hydrogens is 320 g/mol. The zero-order valence-electron chi connectivity index (χ0n) is 15.6. The van der Waals surface area contributed by atoms with Crippen molar-refractivity contribution in [3.63, 3.8) is 0 Å². The van der Waals surface area contributed by atoms with E-state index >= 15 is 0 Å². The van der Waals surface area contributed by atoms with E-state index in [1.807, 2.05) is 11.3 Å². The Bertz CT molecular complexity index is 533. The van der Waals surface area contributed by atoms with Gasteiger partial charge in [-0.05, 0) is 52.8 Å². The molecule has 1 aromatic rings. The van der Waals surface area contributed by atoms with E-state index in [2.05, 4.69) is 49.8 Å². The van der Waals surface area contributed by atoms with Gasteiger partial charge in [-0.1, -0.05) is 0 Å². The number of hydrogen-bond acceptors (Lipinski definition) is 5. The highest BCUT2D eigenvalue weighted by Crippen LogP contribution is 2.34. The maximum Gasteiger partial charge on any atom is 0.105 e. The van der Waals surface area contributed by atoms with Gasteiger partial charge in [0.15, 0.2) is 0 Å². The third-order valence-corrected chi connectivity index (χ3v) is 6.30. The highest BCUT2D eigenvalue weighted by molar-refractivity contribution is 7.11. The Labute approximate surface area is 150 Å². The first-order valence-corrected chi connectivity index (χ1v) is 10.0. The summed E-state index contributed by atoms with van der Waals surface area (Å²) in [7, 11) is 2.19. The van der Waals surface area contributed by atoms with E-state index < -0.39 is 0 Å². The molecule has 2 aliphatic heterocycles. The van der Waals surface area contributed by atoms with Crippen LogP contribution in [0, 0.1) is 6.92 Å². The highest BCUT2D eigenvalue weighted by Gasteiger charge is 2.43. The molecule has 2 fully saturated rings. The molecule has 2 atom stereocenters. The molecule has 1 spiro atoms. The quantitative estimate of drug-likeness (QED) is 0.813. The zero-order chi connectivity index (χ0) is 17.2. The summed E-state index contributed by atoms with van der Waals surface area (Å²) in [6.07, 6.45) is 2.60. The normalized spacial score (nSPS) is 29.0. The maximum absolute atomic E-state index is 6.56. The monoisotopic (exact) mass is 352 g/mol. The van der Waals surface area contributed by atoms with Gasteiger partial charge < -0.3 is 14.4 Å². The van der Waals surface area contributed by atoms with Crippen LogP contribution in [0.3, 0.4) is 0 Å². The van der Waals surface area contributed by atoms with Gasteiger partial charge in [-0.2, -0.15) is 0 Å². The van der Waals surface area contributed by atoms with Gasteiger partial charge >= 0.3 is 0 Å². The van der Waals surface area contributed by atoms with Crippen molar-refractivity contribution in [1.29, 1.82) is 0 Å². The molecule has 3 heterocycles. The molecule has 0 saturated carbocycles. The van der Waals surface area contributed by atoms with E-state index in [9.17, 15) is 0 Å². The topological polar surface area (TPSA) is 24.9 Å². The van der Waals surface area contributed by atoms with Gasteiger partial charge in [0.05, 0.1) is 19.3 Å². The summed E-state index contributed by atoms with van der Waals surface area (Å²) in [4.78, 5) is 7.73. The number of aryl methyl sites for hydroxylation is 1. The molecule has 24 heavy (non-hydrogen) atoms. The fraction of sp³-hybridized carbons (Fsp3) is 0.789. The van der Waals surface area contributed by atoms with Gasteiger partial charge in [-0.3, -0.25) is 4.90 Å². The summed E-state index contributed by atoms with van der Waals surface area (Å²) in [5.74, 6) is 0. The summed E-state index contributed by atoms with van der Waals surface area (Å²) in [6, 6.07) is 5.04. The van der Waals surface area contributed by atoms with E-state index in [0.717, 1.165) is 52.2 Å². The van der Waals surface area contributed by atoms with Crippen molar-refractivity contribution in [1.82, 2.24) is 9.80 Å². The Kier molecular flexibility index (Phi) is 5.98. The molecular formula is C19H32N2O2S. The van der Waals surface area contributed by atoms with Crippen molar-refractivity contribution in [3.05, 3.63) is 21.9 Å². The minimum atomic E-state index is -0.106. The van der Waals surface area contributed by atoms with Crippen LogP contribution in [0.15, 0.2) is 12.1 Å². The summed E-state index contributed by atoms with van der Waals surface area (Å²) in [5, 5.41) is 0. The molecule has 0 aromatic carbocycles. The number of likely N-dealkylation sites (N-methyl/N-ethyl adjacent to an activating group) is 1. The molecule has 2 saturated heterocycles. The van der Waals surface area contributed by atoms with Gasteiger partial charge in [-0.25, -0.2) is 0 Å². The number of ether oxygens (including phenoxy) is 2. The average molecular weight is 353 g/mol. The molecule has 5 heteroatoms. The van der Waals surface area contributed by atoms with Crippen LogP contribution in [0.25, 0.3) is 0 Å². The Morgan fingerprint density at radius 1 is 1.42 bits per heavy atom. The predicted molar refractivity (Wildman–Crippen MR) is 99.8 cm³/mol. The number of thiophene rings is 1. The van der Waals surface area contributed by atoms with Crippen LogP contribution in [0.1, 0.15) is 36.4 Å². The van der Waals surface area contributed by atoms with Crippen LogP contribution in [0.5, 0.6) is 0 Å². The summed E-state index contributed by atoms with van der Waals surface area (Å²) >= 11 is 1.90. The van der Waals surface area contributed by atoms with Crippen LogP contribution in [0.4, 0.5) is 0 Å². The molecule has 0 aliphatic carbocycles. The van der Waals surface area contributed by atoms with Gasteiger partial charge in [-0.15, -0.1) is 11.3 Å². The van der Waals surface area contributed by atoms with Gasteiger partial charge in [0.2, 0.25) is 0 Å². The SMILES string of the molecule is Cc1ccc(CN2CCOCC3(CCC(CN(C)C(C)C)O3)C2)s1. The maximum atomic E-state index is 6.56. The van der Waals surface area contributed by atoms with E-state index in [-0.39, 0.29) is 5.60 Å². The first kappa shape index (κ1) is 18.3. The van der Waals surface area contributed by atoms with Crippen molar-refractivity contribution in [2.24, 2.45) is 0 Å². The first-order valence-electron chi connectivity index (χ1n) is 9.19. The summed E-state index contributed by atoms with van der Waals surface area (Å²) in [6.45, 7) is 12.2. The predicted octanol–water partition coefficient (Wildman–Crippen LogP) is 3.15. The van der Waals surface area contributed by atoms with Crippen LogP contribution in [-0.4, -0.2) is 67.4 Å². The summed E-state index contributed by atoms with van der Waals surface area (Å²) in [5.41, 5.74) is -0.106. The Morgan fingerprint density at radius 3 is 2.96 bits per heavy atom. The van der Waals surface area contributed by atoms with Crippen molar-refractivity contribution < 1.29 is 9.47 Å². The lowest BCUT2D eigenvalue weighted by Crippen LogP contribution is -2.45. The largest absolute Gasteiger partial charge is 0.377 e. The molecule has 0 amide bonds. The number of rotatable bonds is 5. The fourth-order valence-electron chi connectivity index (χ4n) is 3.69. The van der Waals surface area contributed by atoms with Gasteiger partial charge in [0.25, 0.3) is 0 Å². The van der Waals surface area contributed by atoms with Crippen molar-refractivity contribution >= 4 is 11.3 Å². The number of hydrogen-bond donors (Lipinski definition) is 0. The molecule has 4 nitrogen and oxygen atoms in total. The minimum absolute atomic E-state index is 0.106. The molecule has 2 unspecified atom stereocenters. The fourth-order valence-corrected chi connectivity index (χ4v) is 4.62. The Hall–Kier alpha value is -0.460. The van der Waals surface area contributed by atoms with Crippen LogP contribution in [-0.2, 0) is 16.0 Å². The molecule has 3 rings (SSSR count). The zero-order valence-corrected chi connectivity index (χ0v) is 16.4. The molecule has 1 aromatic heterocycles. The molecule has 136 valence electrons. The number of nitrogens with zero attached hydrogens (tertiary/aromatic N) is 2. The second-order valence-corrected chi connectivity index (χ2v) is 9.14. The van der Waals surface area contributed by atoms with Crippen molar-refractivity contribution in [2.45, 2.75) is 57.9 Å². The van der Waals surface area contributed by atoms with Crippen molar-refractivity contribution in [2.75, 3.05) is 39.9 Å². The molecule has 0 bridgehead atoms. The van der Waals surface area contributed by atoms with E-state index in [4.69, 9.17) is 9.47 Å².